The molecule has 0 spiro atoms. The lowest BCUT2D eigenvalue weighted by molar-refractivity contribution is -0.191. The van der Waals surface area contributed by atoms with E-state index in [9.17, 15) is 28.8 Å². The molecular formula is C30H42O7. The zero-order valence-electron chi connectivity index (χ0n) is 23.3. The van der Waals surface area contributed by atoms with Crippen LogP contribution in [0.3, 0.4) is 0 Å². The SMILES string of the molecule is C[C@H](CC(=O)C[C@@H](C)[C@H]1CC(=O)[C@@]2(C)[C@@H]3C(=O)C[C@H]4C(C)(C)C(=O)CC[C@]4(C)[C@H]3C(=O)C[C@]12C)C(=O)O. The number of carboxylic acids is 1. The van der Waals surface area contributed by atoms with Gasteiger partial charge >= 0.3 is 5.97 Å². The highest BCUT2D eigenvalue weighted by atomic mass is 16.4. The number of hydrogen-bond acceptors (Lipinski definition) is 6. The number of aliphatic carboxylic acids is 1. The van der Waals surface area contributed by atoms with Gasteiger partial charge in [0.05, 0.1) is 5.92 Å². The van der Waals surface area contributed by atoms with Crippen molar-refractivity contribution in [2.75, 3.05) is 0 Å². The molecule has 37 heavy (non-hydrogen) atoms. The van der Waals surface area contributed by atoms with E-state index < -0.39 is 45.4 Å². The summed E-state index contributed by atoms with van der Waals surface area (Å²) >= 11 is 0. The molecular weight excluding hydrogens is 472 g/mol. The third kappa shape index (κ3) is 3.73. The summed E-state index contributed by atoms with van der Waals surface area (Å²) in [6.45, 7) is 13.1. The van der Waals surface area contributed by atoms with Gasteiger partial charge in [-0.3, -0.25) is 28.8 Å². The molecule has 0 unspecified atom stereocenters. The highest BCUT2D eigenvalue weighted by molar-refractivity contribution is 6.03. The van der Waals surface area contributed by atoms with Crippen LogP contribution in [-0.2, 0) is 28.8 Å². The van der Waals surface area contributed by atoms with E-state index in [0.717, 1.165) is 0 Å². The van der Waals surface area contributed by atoms with Crippen molar-refractivity contribution >= 4 is 34.9 Å². The van der Waals surface area contributed by atoms with Crippen LogP contribution in [-0.4, -0.2) is 40.0 Å². The van der Waals surface area contributed by atoms with Gasteiger partial charge in [0.25, 0.3) is 0 Å². The Kier molecular flexibility index (Phi) is 6.52. The Hall–Kier alpha value is -2.18. The van der Waals surface area contributed by atoms with Gasteiger partial charge in [-0.2, -0.15) is 0 Å². The van der Waals surface area contributed by atoms with Gasteiger partial charge < -0.3 is 5.11 Å². The number of fused-ring (bicyclic) bond motifs is 5. The van der Waals surface area contributed by atoms with Gasteiger partial charge in [-0.1, -0.05) is 48.5 Å². The van der Waals surface area contributed by atoms with E-state index in [2.05, 4.69) is 6.92 Å². The van der Waals surface area contributed by atoms with E-state index in [1.54, 1.807) is 0 Å². The zero-order chi connectivity index (χ0) is 27.9. The molecule has 0 aromatic rings. The Morgan fingerprint density at radius 3 is 2.11 bits per heavy atom. The maximum absolute atomic E-state index is 14.1. The van der Waals surface area contributed by atoms with Crippen LogP contribution in [0.25, 0.3) is 0 Å². The first-order chi connectivity index (χ1) is 16.9. The zero-order valence-corrected chi connectivity index (χ0v) is 23.3. The van der Waals surface area contributed by atoms with E-state index >= 15 is 0 Å². The minimum absolute atomic E-state index is 0.00778. The highest BCUT2D eigenvalue weighted by Gasteiger charge is 2.74. The van der Waals surface area contributed by atoms with E-state index in [1.165, 1.54) is 6.92 Å². The molecule has 0 radical (unpaired) electrons. The van der Waals surface area contributed by atoms with E-state index in [0.29, 0.717) is 12.8 Å². The van der Waals surface area contributed by atoms with Crippen LogP contribution >= 0.6 is 0 Å². The first kappa shape index (κ1) is 27.8. The summed E-state index contributed by atoms with van der Waals surface area (Å²) in [5.41, 5.74) is -3.00. The van der Waals surface area contributed by atoms with E-state index in [1.807, 2.05) is 34.6 Å². The Bertz CT molecular complexity index is 1090. The van der Waals surface area contributed by atoms with Crippen LogP contribution in [0.5, 0.6) is 0 Å². The molecule has 0 aromatic carbocycles. The number of Topliss-reactive ketones (excluding diaryl/α,β-unsaturated/α-hetero) is 5. The molecule has 0 amide bonds. The maximum atomic E-state index is 14.1. The first-order valence-corrected chi connectivity index (χ1v) is 13.8. The van der Waals surface area contributed by atoms with Crippen molar-refractivity contribution in [1.29, 1.82) is 0 Å². The second-order valence-corrected chi connectivity index (χ2v) is 14.0. The second-order valence-electron chi connectivity index (χ2n) is 14.0. The number of hydrogen-bond donors (Lipinski definition) is 1. The molecule has 0 aromatic heterocycles. The summed E-state index contributed by atoms with van der Waals surface area (Å²) in [6, 6.07) is 0. The normalized spacial score (nSPS) is 42.5. The summed E-state index contributed by atoms with van der Waals surface area (Å²) < 4.78 is 0. The molecule has 1 N–H and O–H groups in total. The molecule has 4 saturated carbocycles. The molecule has 4 aliphatic carbocycles. The Morgan fingerprint density at radius 2 is 1.51 bits per heavy atom. The van der Waals surface area contributed by atoms with Gasteiger partial charge in [0.2, 0.25) is 0 Å². The van der Waals surface area contributed by atoms with Crippen molar-refractivity contribution in [3.8, 4) is 0 Å². The van der Waals surface area contributed by atoms with Gasteiger partial charge in [-0.15, -0.1) is 0 Å². The molecule has 4 fully saturated rings. The van der Waals surface area contributed by atoms with Crippen LogP contribution in [0, 0.1) is 57.2 Å². The average Bonchev–Trinajstić information content (AvgIpc) is 2.99. The second kappa shape index (κ2) is 8.67. The predicted octanol–water partition coefficient (Wildman–Crippen LogP) is 4.48. The summed E-state index contributed by atoms with van der Waals surface area (Å²) in [5, 5.41) is 9.17. The van der Waals surface area contributed by atoms with Crippen molar-refractivity contribution in [3.63, 3.8) is 0 Å². The summed E-state index contributed by atoms with van der Waals surface area (Å²) in [6.07, 6.45) is 1.60. The maximum Gasteiger partial charge on any atom is 0.306 e. The number of carboxylic acid groups (broad SMARTS) is 1. The fourth-order valence-electron chi connectivity index (χ4n) is 9.36. The van der Waals surface area contributed by atoms with Gasteiger partial charge in [0.15, 0.2) is 0 Å². The molecule has 7 nitrogen and oxygen atoms in total. The lowest BCUT2D eigenvalue weighted by Gasteiger charge is -2.64. The topological polar surface area (TPSA) is 123 Å². The molecule has 0 saturated heterocycles. The Morgan fingerprint density at radius 1 is 0.892 bits per heavy atom. The van der Waals surface area contributed by atoms with Crippen molar-refractivity contribution in [2.24, 2.45) is 57.2 Å². The molecule has 4 rings (SSSR count). The van der Waals surface area contributed by atoms with Crippen molar-refractivity contribution in [2.45, 2.75) is 93.4 Å². The van der Waals surface area contributed by atoms with Crippen LogP contribution in [0.15, 0.2) is 0 Å². The standard InChI is InChI=1S/C30H42O7/c1-15(10-17(31)11-16(2)26(36)37)18-12-23(35)30(7)25-19(32)13-21-27(3,4)22(34)8-9-28(21,5)24(25)20(33)14-29(18,30)6/h15-16,18,21,24-25H,8-14H2,1-7H3,(H,36,37)/t15-,16-,18-,21+,24+,25-,28+,29-,30+/m1/s1. The fourth-order valence-corrected chi connectivity index (χ4v) is 9.36. The average molecular weight is 515 g/mol. The summed E-state index contributed by atoms with van der Waals surface area (Å²) in [7, 11) is 0. The van der Waals surface area contributed by atoms with Gasteiger partial charge in [-0.05, 0) is 35.0 Å². The summed E-state index contributed by atoms with van der Waals surface area (Å²) in [5.74, 6) is -3.90. The molecule has 7 heteroatoms. The van der Waals surface area contributed by atoms with Crippen LogP contribution in [0.4, 0.5) is 0 Å². The van der Waals surface area contributed by atoms with E-state index in [-0.39, 0.29) is 78.8 Å². The van der Waals surface area contributed by atoms with Crippen molar-refractivity contribution < 1.29 is 33.9 Å². The van der Waals surface area contributed by atoms with E-state index in [4.69, 9.17) is 5.11 Å². The third-order valence-corrected chi connectivity index (χ3v) is 11.8. The molecule has 0 aliphatic heterocycles. The number of ketones is 5. The lowest BCUT2D eigenvalue weighted by atomic mass is 9.37. The first-order valence-electron chi connectivity index (χ1n) is 13.8. The van der Waals surface area contributed by atoms with Gasteiger partial charge in [-0.25, -0.2) is 0 Å². The van der Waals surface area contributed by atoms with Gasteiger partial charge in [0, 0.05) is 61.2 Å². The molecule has 0 bridgehead atoms. The molecule has 0 heterocycles. The Balaban J connectivity index is 1.69. The lowest BCUT2D eigenvalue weighted by Crippen LogP contribution is -2.67. The quantitative estimate of drug-likeness (QED) is 0.554. The molecule has 204 valence electrons. The van der Waals surface area contributed by atoms with Gasteiger partial charge in [0.1, 0.15) is 28.9 Å². The minimum Gasteiger partial charge on any atom is -0.481 e. The molecule has 9 atom stereocenters. The van der Waals surface area contributed by atoms with Crippen LogP contribution < -0.4 is 0 Å². The third-order valence-electron chi connectivity index (χ3n) is 11.8. The fraction of sp³-hybridized carbons (Fsp3) is 0.800. The molecule has 4 aliphatic rings. The minimum atomic E-state index is -1.02. The summed E-state index contributed by atoms with van der Waals surface area (Å²) in [4.78, 5) is 78.5. The van der Waals surface area contributed by atoms with Crippen molar-refractivity contribution in [3.05, 3.63) is 0 Å². The Labute approximate surface area is 219 Å². The van der Waals surface area contributed by atoms with Crippen LogP contribution in [0.1, 0.15) is 93.4 Å². The van der Waals surface area contributed by atoms with Crippen LogP contribution in [0.2, 0.25) is 0 Å². The predicted molar refractivity (Wildman–Crippen MR) is 135 cm³/mol. The highest BCUT2D eigenvalue weighted by Crippen LogP contribution is 2.71. The smallest absolute Gasteiger partial charge is 0.306 e. The number of rotatable bonds is 6. The monoisotopic (exact) mass is 514 g/mol. The number of carbonyl (C=O) groups is 6. The largest absolute Gasteiger partial charge is 0.481 e. The number of carbonyl (C=O) groups excluding carboxylic acids is 5. The van der Waals surface area contributed by atoms with Crippen molar-refractivity contribution in [1.82, 2.24) is 0 Å².